The van der Waals surface area contributed by atoms with Crippen molar-refractivity contribution in [3.05, 3.63) is 64.2 Å². The van der Waals surface area contributed by atoms with Gasteiger partial charge in [-0.2, -0.15) is 0 Å². The van der Waals surface area contributed by atoms with Crippen LogP contribution in [0.4, 0.5) is 15.6 Å². The number of nitrogens with zero attached hydrogens (tertiary/aromatic N) is 2. The smallest absolute Gasteiger partial charge is 0.413 e. The number of hydrogen-bond donors (Lipinski definition) is 1. The Balaban J connectivity index is 1.70. The van der Waals surface area contributed by atoms with Crippen molar-refractivity contribution in [3.8, 4) is 0 Å². The van der Waals surface area contributed by atoms with Crippen LogP contribution in [0.1, 0.15) is 5.56 Å². The van der Waals surface area contributed by atoms with Crippen LogP contribution < -0.4 is 5.32 Å². The van der Waals surface area contributed by atoms with E-state index in [9.17, 15) is 14.9 Å². The number of nitro groups is 1. The highest BCUT2D eigenvalue weighted by molar-refractivity contribution is 7.22. The number of rotatable bonds is 4. The molecule has 1 amide bonds. The number of anilines is 1. The van der Waals surface area contributed by atoms with Crippen molar-refractivity contribution in [2.45, 2.75) is 6.61 Å². The third-order valence-corrected chi connectivity index (χ3v) is 4.02. The molecule has 0 saturated heterocycles. The van der Waals surface area contributed by atoms with Crippen LogP contribution in [0, 0.1) is 10.1 Å². The van der Waals surface area contributed by atoms with Crippen LogP contribution in [-0.2, 0) is 11.3 Å². The molecule has 0 radical (unpaired) electrons. The second kappa shape index (κ2) is 6.41. The Bertz CT molecular complexity index is 864. The first-order valence-electron chi connectivity index (χ1n) is 6.65. The maximum atomic E-state index is 11.8. The minimum absolute atomic E-state index is 0.0364. The SMILES string of the molecule is O=C(Nc1nc2cccc([N+](=O)[O-])c2s1)OCc1ccccc1. The van der Waals surface area contributed by atoms with Crippen LogP contribution in [0.3, 0.4) is 0 Å². The standard InChI is InChI=1S/C15H11N3O4S/c19-15(22-9-10-5-2-1-3-6-10)17-14-16-11-7-4-8-12(18(20)21)13(11)23-14/h1-8H,9H2,(H,16,17,19). The van der Waals surface area contributed by atoms with Crippen LogP contribution >= 0.6 is 11.3 Å². The van der Waals surface area contributed by atoms with E-state index in [4.69, 9.17) is 4.74 Å². The number of fused-ring (bicyclic) bond motifs is 1. The average Bonchev–Trinajstić information content (AvgIpc) is 2.95. The molecule has 0 aliphatic rings. The van der Waals surface area contributed by atoms with Gasteiger partial charge in [0.15, 0.2) is 5.13 Å². The predicted octanol–water partition coefficient (Wildman–Crippen LogP) is 3.95. The van der Waals surface area contributed by atoms with Gasteiger partial charge in [-0.25, -0.2) is 9.78 Å². The summed E-state index contributed by atoms with van der Waals surface area (Å²) in [7, 11) is 0. The van der Waals surface area contributed by atoms with E-state index in [-0.39, 0.29) is 17.4 Å². The van der Waals surface area contributed by atoms with Crippen molar-refractivity contribution in [3.63, 3.8) is 0 Å². The highest BCUT2D eigenvalue weighted by Gasteiger charge is 2.17. The molecule has 0 bridgehead atoms. The first kappa shape index (κ1) is 14.9. The highest BCUT2D eigenvalue weighted by atomic mass is 32.1. The molecule has 116 valence electrons. The Morgan fingerprint density at radius 2 is 2.00 bits per heavy atom. The maximum Gasteiger partial charge on any atom is 0.413 e. The first-order valence-corrected chi connectivity index (χ1v) is 7.47. The third kappa shape index (κ3) is 3.43. The van der Waals surface area contributed by atoms with E-state index >= 15 is 0 Å². The van der Waals surface area contributed by atoms with Crippen LogP contribution in [0.15, 0.2) is 48.5 Å². The quantitative estimate of drug-likeness (QED) is 0.577. The highest BCUT2D eigenvalue weighted by Crippen LogP contribution is 2.33. The summed E-state index contributed by atoms with van der Waals surface area (Å²) in [4.78, 5) is 26.4. The lowest BCUT2D eigenvalue weighted by molar-refractivity contribution is -0.382. The zero-order valence-electron chi connectivity index (χ0n) is 11.8. The molecule has 3 aromatic rings. The number of non-ortho nitro benzene ring substituents is 1. The number of nitro benzene ring substituents is 1. The van der Waals surface area contributed by atoms with Crippen molar-refractivity contribution < 1.29 is 14.5 Å². The Morgan fingerprint density at radius 1 is 1.22 bits per heavy atom. The summed E-state index contributed by atoms with van der Waals surface area (Å²) < 4.78 is 5.50. The van der Waals surface area contributed by atoms with Crippen LogP contribution in [-0.4, -0.2) is 16.0 Å². The van der Waals surface area contributed by atoms with Gasteiger partial charge in [-0.1, -0.05) is 47.7 Å². The second-order valence-corrected chi connectivity index (χ2v) is 5.59. The third-order valence-electron chi connectivity index (χ3n) is 3.01. The molecule has 7 nitrogen and oxygen atoms in total. The number of hydrogen-bond acceptors (Lipinski definition) is 6. The molecule has 1 N–H and O–H groups in total. The van der Waals surface area contributed by atoms with Crippen molar-refractivity contribution >= 4 is 38.5 Å². The summed E-state index contributed by atoms with van der Waals surface area (Å²) in [6.07, 6.45) is -0.657. The monoisotopic (exact) mass is 329 g/mol. The van der Waals surface area contributed by atoms with Gasteiger partial charge in [-0.15, -0.1) is 0 Å². The molecule has 0 aliphatic carbocycles. The molecule has 23 heavy (non-hydrogen) atoms. The molecule has 1 heterocycles. The predicted molar refractivity (Wildman–Crippen MR) is 86.5 cm³/mol. The number of nitrogens with one attached hydrogen (secondary N) is 1. The normalized spacial score (nSPS) is 10.4. The fraction of sp³-hybridized carbons (Fsp3) is 0.0667. The summed E-state index contributed by atoms with van der Waals surface area (Å²) in [5.41, 5.74) is 1.29. The van der Waals surface area contributed by atoms with E-state index in [0.29, 0.717) is 10.2 Å². The van der Waals surface area contributed by atoms with E-state index in [1.807, 2.05) is 30.3 Å². The van der Waals surface area contributed by atoms with Crippen molar-refractivity contribution in [2.75, 3.05) is 5.32 Å². The Hall–Kier alpha value is -3.00. The molecule has 1 aromatic heterocycles. The van der Waals surface area contributed by atoms with Gasteiger partial charge < -0.3 is 4.74 Å². The first-order chi connectivity index (χ1) is 11.1. The van der Waals surface area contributed by atoms with Gasteiger partial charge in [0, 0.05) is 6.07 Å². The summed E-state index contributed by atoms with van der Waals surface area (Å²) in [6, 6.07) is 13.9. The molecule has 0 fully saturated rings. The molecule has 0 aliphatic heterocycles. The molecule has 2 aromatic carbocycles. The molecule has 0 saturated carbocycles. The van der Waals surface area contributed by atoms with Crippen molar-refractivity contribution in [2.24, 2.45) is 0 Å². The van der Waals surface area contributed by atoms with Crippen LogP contribution in [0.25, 0.3) is 10.2 Å². The summed E-state index contributed by atoms with van der Waals surface area (Å²) in [5, 5.41) is 13.7. The van der Waals surface area contributed by atoms with E-state index < -0.39 is 11.0 Å². The lowest BCUT2D eigenvalue weighted by Crippen LogP contribution is -2.13. The Morgan fingerprint density at radius 3 is 2.74 bits per heavy atom. The fourth-order valence-corrected chi connectivity index (χ4v) is 2.92. The van der Waals surface area contributed by atoms with Gasteiger partial charge >= 0.3 is 6.09 Å². The van der Waals surface area contributed by atoms with Crippen molar-refractivity contribution in [1.82, 2.24) is 4.98 Å². The second-order valence-electron chi connectivity index (χ2n) is 4.59. The average molecular weight is 329 g/mol. The number of carbonyl (C=O) groups excluding carboxylic acids is 1. The zero-order chi connectivity index (χ0) is 16.2. The van der Waals surface area contributed by atoms with Crippen LogP contribution in [0.5, 0.6) is 0 Å². The molecular formula is C15H11N3O4S. The number of carbonyl (C=O) groups is 1. The van der Waals surface area contributed by atoms with Gasteiger partial charge in [0.2, 0.25) is 0 Å². The fourth-order valence-electron chi connectivity index (χ4n) is 1.98. The number of amides is 1. The van der Waals surface area contributed by atoms with Gasteiger partial charge in [0.05, 0.1) is 10.4 Å². The van der Waals surface area contributed by atoms with Gasteiger partial charge in [0.1, 0.15) is 11.3 Å². The van der Waals surface area contributed by atoms with E-state index in [0.717, 1.165) is 16.9 Å². The molecule has 0 unspecified atom stereocenters. The van der Waals surface area contributed by atoms with E-state index in [1.165, 1.54) is 6.07 Å². The Labute approximate surface area is 134 Å². The lowest BCUT2D eigenvalue weighted by Gasteiger charge is -2.04. The number of thiazole rings is 1. The van der Waals surface area contributed by atoms with E-state index in [1.54, 1.807) is 12.1 Å². The summed E-state index contributed by atoms with van der Waals surface area (Å²) in [5.74, 6) is 0. The maximum absolute atomic E-state index is 11.8. The largest absolute Gasteiger partial charge is 0.444 e. The topological polar surface area (TPSA) is 94.4 Å². The zero-order valence-corrected chi connectivity index (χ0v) is 12.6. The molecule has 0 atom stereocenters. The Kier molecular flexibility index (Phi) is 4.15. The summed E-state index contributed by atoms with van der Waals surface area (Å²) >= 11 is 1.04. The van der Waals surface area contributed by atoms with Gasteiger partial charge in [-0.05, 0) is 11.6 Å². The van der Waals surface area contributed by atoms with Gasteiger partial charge in [0.25, 0.3) is 5.69 Å². The molecule has 8 heteroatoms. The minimum atomic E-state index is -0.657. The molecule has 3 rings (SSSR count). The molecule has 0 spiro atoms. The number of ether oxygens (including phenoxy) is 1. The molecular weight excluding hydrogens is 318 g/mol. The number of benzene rings is 2. The van der Waals surface area contributed by atoms with Crippen LogP contribution in [0.2, 0.25) is 0 Å². The van der Waals surface area contributed by atoms with Gasteiger partial charge in [-0.3, -0.25) is 15.4 Å². The summed E-state index contributed by atoms with van der Waals surface area (Å²) in [6.45, 7) is 0.137. The van der Waals surface area contributed by atoms with E-state index in [2.05, 4.69) is 10.3 Å². The van der Waals surface area contributed by atoms with Crippen molar-refractivity contribution in [1.29, 1.82) is 0 Å². The minimum Gasteiger partial charge on any atom is -0.444 e. The number of aromatic nitrogens is 1. The lowest BCUT2D eigenvalue weighted by atomic mass is 10.2.